The minimum absolute atomic E-state index is 0.922. The lowest BCUT2D eigenvalue weighted by Gasteiger charge is -2.01. The number of likely N-dealkylation sites (N-methyl/N-ethyl adjacent to an activating group) is 1. The van der Waals surface area contributed by atoms with Crippen molar-refractivity contribution >= 4 is 0 Å². The number of hydrogen-bond acceptors (Lipinski definition) is 1. The van der Waals surface area contributed by atoms with Crippen molar-refractivity contribution in [2.75, 3.05) is 13.6 Å². The molecule has 0 atom stereocenters. The molecule has 0 saturated heterocycles. The molecule has 0 aliphatic heterocycles. The van der Waals surface area contributed by atoms with E-state index < -0.39 is 0 Å². The Kier molecular flexibility index (Phi) is 24.1. The van der Waals surface area contributed by atoms with Gasteiger partial charge in [-0.1, -0.05) is 32.1 Å². The maximum atomic E-state index is 3.70. The molecular formula is C12H25N. The van der Waals surface area contributed by atoms with Crippen molar-refractivity contribution in [1.29, 1.82) is 0 Å². The smallest absolute Gasteiger partial charge is 0.0201 e. The van der Waals surface area contributed by atoms with Gasteiger partial charge in [-0.05, 0) is 26.5 Å². The van der Waals surface area contributed by atoms with E-state index in [4.69, 9.17) is 0 Å². The van der Waals surface area contributed by atoms with Crippen LogP contribution in [-0.4, -0.2) is 13.6 Å². The number of hydrogen-bond donors (Lipinski definition) is 1. The Balaban J connectivity index is -0.000000218. The molecule has 0 heterocycles. The molecule has 0 aromatic heterocycles. The summed E-state index contributed by atoms with van der Waals surface area (Å²) in [5, 5.41) is 3.07. The second-order valence-corrected chi connectivity index (χ2v) is 2.26. The summed E-state index contributed by atoms with van der Waals surface area (Å²) in [7, 11) is 1.94. The van der Waals surface area contributed by atoms with Crippen LogP contribution in [0.15, 0.2) is 37.0 Å². The van der Waals surface area contributed by atoms with Crippen LogP contribution in [-0.2, 0) is 0 Å². The number of nitrogens with one attached hydrogen (secondary N) is 1. The Morgan fingerprint density at radius 3 is 1.69 bits per heavy atom. The second-order valence-electron chi connectivity index (χ2n) is 2.26. The minimum atomic E-state index is 0.922. The van der Waals surface area contributed by atoms with Gasteiger partial charge in [-0.15, -0.1) is 13.2 Å². The molecule has 0 rings (SSSR count). The molecule has 0 aliphatic carbocycles. The third-order valence-corrected chi connectivity index (χ3v) is 1.26. The van der Waals surface area contributed by atoms with E-state index in [1.54, 1.807) is 0 Å². The highest BCUT2D eigenvalue weighted by atomic mass is 14.8. The SMILES string of the molecule is C=C.C=CC(CNC)=C(C)C.CC. The molecule has 0 fully saturated rings. The second kappa shape index (κ2) is 17.3. The van der Waals surface area contributed by atoms with Gasteiger partial charge in [0.25, 0.3) is 0 Å². The minimum Gasteiger partial charge on any atom is -0.316 e. The van der Waals surface area contributed by atoms with Crippen LogP contribution in [0.3, 0.4) is 0 Å². The van der Waals surface area contributed by atoms with E-state index in [0.717, 1.165) is 6.54 Å². The third kappa shape index (κ3) is 14.1. The fourth-order valence-electron chi connectivity index (χ4n) is 0.644. The third-order valence-electron chi connectivity index (χ3n) is 1.26. The topological polar surface area (TPSA) is 12.0 Å². The van der Waals surface area contributed by atoms with Gasteiger partial charge in [-0.25, -0.2) is 0 Å². The first-order valence-corrected chi connectivity index (χ1v) is 4.65. The highest BCUT2D eigenvalue weighted by Crippen LogP contribution is 2.01. The molecule has 1 heteroatoms. The molecule has 13 heavy (non-hydrogen) atoms. The van der Waals surface area contributed by atoms with Gasteiger partial charge in [0, 0.05) is 6.54 Å². The molecule has 0 spiro atoms. The zero-order valence-corrected chi connectivity index (χ0v) is 9.91. The van der Waals surface area contributed by atoms with Gasteiger partial charge in [0.05, 0.1) is 0 Å². The maximum absolute atomic E-state index is 3.70. The summed E-state index contributed by atoms with van der Waals surface area (Å²) in [5.41, 5.74) is 2.62. The van der Waals surface area contributed by atoms with Gasteiger partial charge >= 0.3 is 0 Å². The first kappa shape index (κ1) is 18.1. The van der Waals surface area contributed by atoms with E-state index in [0.29, 0.717) is 0 Å². The van der Waals surface area contributed by atoms with Crippen molar-refractivity contribution in [3.05, 3.63) is 37.0 Å². The quantitative estimate of drug-likeness (QED) is 0.521. The van der Waals surface area contributed by atoms with Gasteiger partial charge in [0.15, 0.2) is 0 Å². The molecule has 0 aromatic carbocycles. The zero-order chi connectivity index (χ0) is 11.3. The Morgan fingerprint density at radius 1 is 1.23 bits per heavy atom. The summed E-state index contributed by atoms with van der Waals surface area (Å²) in [5.74, 6) is 0. The molecule has 0 amide bonds. The van der Waals surface area contributed by atoms with Crippen molar-refractivity contribution in [2.24, 2.45) is 0 Å². The molecule has 1 nitrogen and oxygen atoms in total. The predicted molar refractivity (Wildman–Crippen MR) is 65.1 cm³/mol. The van der Waals surface area contributed by atoms with Crippen LogP contribution in [0.4, 0.5) is 0 Å². The molecule has 0 bridgehead atoms. The van der Waals surface area contributed by atoms with Gasteiger partial charge in [0.2, 0.25) is 0 Å². The van der Waals surface area contributed by atoms with Crippen molar-refractivity contribution in [2.45, 2.75) is 27.7 Å². The van der Waals surface area contributed by atoms with Crippen molar-refractivity contribution in [1.82, 2.24) is 5.32 Å². The molecule has 0 aromatic rings. The lowest BCUT2D eigenvalue weighted by molar-refractivity contribution is 0.886. The van der Waals surface area contributed by atoms with Crippen LogP contribution in [0, 0.1) is 0 Å². The average Bonchev–Trinajstić information content (AvgIpc) is 2.20. The monoisotopic (exact) mass is 183 g/mol. The average molecular weight is 183 g/mol. The van der Waals surface area contributed by atoms with Crippen LogP contribution in [0.2, 0.25) is 0 Å². The van der Waals surface area contributed by atoms with Gasteiger partial charge < -0.3 is 5.32 Å². The van der Waals surface area contributed by atoms with Crippen LogP contribution < -0.4 is 5.32 Å². The Hall–Kier alpha value is -0.820. The fraction of sp³-hybridized carbons (Fsp3) is 0.500. The normalized spacial score (nSPS) is 6.85. The van der Waals surface area contributed by atoms with Crippen molar-refractivity contribution < 1.29 is 0 Å². The molecule has 0 unspecified atom stereocenters. The van der Waals surface area contributed by atoms with Gasteiger partial charge in [-0.2, -0.15) is 0 Å². The summed E-state index contributed by atoms with van der Waals surface area (Å²) in [6, 6.07) is 0. The lowest BCUT2D eigenvalue weighted by Crippen LogP contribution is -2.09. The number of rotatable bonds is 3. The van der Waals surface area contributed by atoms with E-state index in [2.05, 4.69) is 38.9 Å². The van der Waals surface area contributed by atoms with Crippen LogP contribution in [0.25, 0.3) is 0 Å². The lowest BCUT2D eigenvalue weighted by atomic mass is 10.1. The van der Waals surface area contributed by atoms with E-state index >= 15 is 0 Å². The summed E-state index contributed by atoms with van der Waals surface area (Å²) >= 11 is 0. The molecular weight excluding hydrogens is 158 g/mol. The molecule has 1 N–H and O–H groups in total. The summed E-state index contributed by atoms with van der Waals surface area (Å²) < 4.78 is 0. The Bertz CT molecular complexity index is 130. The van der Waals surface area contributed by atoms with Gasteiger partial charge in [-0.3, -0.25) is 0 Å². The number of allylic oxidation sites excluding steroid dienone is 1. The van der Waals surface area contributed by atoms with Crippen molar-refractivity contribution in [3.8, 4) is 0 Å². The summed E-state index contributed by atoms with van der Waals surface area (Å²) in [6.45, 7) is 18.8. The largest absolute Gasteiger partial charge is 0.316 e. The van der Waals surface area contributed by atoms with Crippen LogP contribution in [0.1, 0.15) is 27.7 Å². The first-order valence-electron chi connectivity index (χ1n) is 4.65. The molecule has 0 radical (unpaired) electrons. The molecule has 0 aliphatic rings. The van der Waals surface area contributed by atoms with Crippen molar-refractivity contribution in [3.63, 3.8) is 0 Å². The highest BCUT2D eigenvalue weighted by molar-refractivity contribution is 5.22. The Morgan fingerprint density at radius 2 is 1.62 bits per heavy atom. The van der Waals surface area contributed by atoms with Crippen LogP contribution >= 0.6 is 0 Å². The fourth-order valence-corrected chi connectivity index (χ4v) is 0.644. The van der Waals surface area contributed by atoms with E-state index in [1.807, 2.05) is 27.0 Å². The Labute approximate surface area is 84.2 Å². The molecule has 78 valence electrons. The maximum Gasteiger partial charge on any atom is 0.0201 e. The summed E-state index contributed by atoms with van der Waals surface area (Å²) in [6.07, 6.45) is 1.89. The zero-order valence-electron chi connectivity index (χ0n) is 9.91. The van der Waals surface area contributed by atoms with Gasteiger partial charge in [0.1, 0.15) is 0 Å². The standard InChI is InChI=1S/C8H15N.C2H6.C2H4/c1-5-8(6-9-4)7(2)3;2*1-2/h5,9H,1,6H2,2-4H3;1-2H3;1-2H2. The van der Waals surface area contributed by atoms with E-state index in [9.17, 15) is 0 Å². The van der Waals surface area contributed by atoms with E-state index in [1.165, 1.54) is 11.1 Å². The van der Waals surface area contributed by atoms with E-state index in [-0.39, 0.29) is 0 Å². The van der Waals surface area contributed by atoms with Crippen LogP contribution in [0.5, 0.6) is 0 Å². The predicted octanol–water partition coefficient (Wildman–Crippen LogP) is 3.56. The summed E-state index contributed by atoms with van der Waals surface area (Å²) in [4.78, 5) is 0. The highest BCUT2D eigenvalue weighted by Gasteiger charge is 1.89. The molecule has 0 saturated carbocycles. The first-order chi connectivity index (χ1) is 6.22.